The van der Waals surface area contributed by atoms with Crippen molar-refractivity contribution < 1.29 is 4.74 Å². The van der Waals surface area contributed by atoms with Crippen molar-refractivity contribution in [3.05, 3.63) is 0 Å². The summed E-state index contributed by atoms with van der Waals surface area (Å²) in [5.74, 6) is 0.614. The molecule has 0 N–H and O–H groups in total. The average molecular weight is 271 g/mol. The Kier molecular flexibility index (Phi) is 8.93. The van der Waals surface area contributed by atoms with E-state index in [1.807, 2.05) is 0 Å². The van der Waals surface area contributed by atoms with E-state index in [0.29, 0.717) is 18.1 Å². The summed E-state index contributed by atoms with van der Waals surface area (Å²) in [5, 5.41) is 0. The first-order chi connectivity index (χ1) is 8.76. The van der Waals surface area contributed by atoms with Crippen molar-refractivity contribution >= 4 is 0 Å². The molecule has 0 aromatic carbocycles. The van der Waals surface area contributed by atoms with E-state index < -0.39 is 0 Å². The third-order valence-electron chi connectivity index (χ3n) is 4.26. The quantitative estimate of drug-likeness (QED) is 0.576. The summed E-state index contributed by atoms with van der Waals surface area (Å²) in [7, 11) is 2.23. The zero-order valence-electron chi connectivity index (χ0n) is 14.6. The van der Waals surface area contributed by atoms with Gasteiger partial charge in [-0.25, -0.2) is 0 Å². The number of rotatable bonds is 10. The highest BCUT2D eigenvalue weighted by molar-refractivity contribution is 4.85. The fourth-order valence-corrected chi connectivity index (χ4v) is 2.40. The van der Waals surface area contributed by atoms with Crippen LogP contribution in [0.3, 0.4) is 0 Å². The van der Waals surface area contributed by atoms with Gasteiger partial charge in [0, 0.05) is 24.6 Å². The highest BCUT2D eigenvalue weighted by Gasteiger charge is 2.34. The van der Waals surface area contributed by atoms with Crippen molar-refractivity contribution in [3.63, 3.8) is 0 Å². The average Bonchev–Trinajstić information content (AvgIpc) is 2.33. The van der Waals surface area contributed by atoms with Gasteiger partial charge in [0.05, 0.1) is 6.10 Å². The molecule has 19 heavy (non-hydrogen) atoms. The van der Waals surface area contributed by atoms with Gasteiger partial charge in [0.25, 0.3) is 0 Å². The molecule has 116 valence electrons. The van der Waals surface area contributed by atoms with Gasteiger partial charge in [0.15, 0.2) is 0 Å². The maximum Gasteiger partial charge on any atom is 0.0640 e. The van der Waals surface area contributed by atoms with Crippen LogP contribution in [0.1, 0.15) is 67.7 Å². The predicted octanol–water partition coefficient (Wildman–Crippen LogP) is 4.58. The molecule has 0 fully saturated rings. The van der Waals surface area contributed by atoms with E-state index in [2.05, 4.69) is 60.4 Å². The van der Waals surface area contributed by atoms with Gasteiger partial charge in [-0.1, -0.05) is 41.0 Å². The molecule has 0 amide bonds. The van der Waals surface area contributed by atoms with Crippen LogP contribution >= 0.6 is 0 Å². The maximum absolute atomic E-state index is 6.25. The summed E-state index contributed by atoms with van der Waals surface area (Å²) >= 11 is 0. The highest BCUT2D eigenvalue weighted by Crippen LogP contribution is 2.32. The predicted molar refractivity (Wildman–Crippen MR) is 85.7 cm³/mol. The van der Waals surface area contributed by atoms with Crippen molar-refractivity contribution in [1.82, 2.24) is 4.90 Å². The first kappa shape index (κ1) is 18.9. The van der Waals surface area contributed by atoms with E-state index in [0.717, 1.165) is 13.2 Å². The topological polar surface area (TPSA) is 12.5 Å². The SMILES string of the molecule is CCCC(OCC(C)C)C(C)(CC)CN(C)C(C)C. The lowest BCUT2D eigenvalue weighted by Gasteiger charge is -2.41. The second-order valence-corrected chi connectivity index (χ2v) is 7.02. The molecule has 0 heterocycles. The van der Waals surface area contributed by atoms with Gasteiger partial charge in [0.2, 0.25) is 0 Å². The lowest BCUT2D eigenvalue weighted by atomic mass is 9.78. The normalized spacial score (nSPS) is 17.2. The molecule has 2 atom stereocenters. The molecule has 0 spiro atoms. The van der Waals surface area contributed by atoms with E-state index in [1.165, 1.54) is 19.3 Å². The van der Waals surface area contributed by atoms with Gasteiger partial charge in [-0.2, -0.15) is 0 Å². The van der Waals surface area contributed by atoms with Crippen molar-refractivity contribution in [2.45, 2.75) is 79.9 Å². The largest absolute Gasteiger partial charge is 0.377 e. The summed E-state index contributed by atoms with van der Waals surface area (Å²) in [6.45, 7) is 17.9. The summed E-state index contributed by atoms with van der Waals surface area (Å²) in [4.78, 5) is 2.45. The van der Waals surface area contributed by atoms with Crippen molar-refractivity contribution in [2.75, 3.05) is 20.2 Å². The Bertz CT molecular complexity index is 227. The van der Waals surface area contributed by atoms with Gasteiger partial charge < -0.3 is 9.64 Å². The molecule has 0 saturated carbocycles. The zero-order chi connectivity index (χ0) is 15.1. The van der Waals surface area contributed by atoms with E-state index in [4.69, 9.17) is 4.74 Å². The number of hydrogen-bond donors (Lipinski definition) is 0. The molecule has 0 rings (SSSR count). The minimum absolute atomic E-state index is 0.254. The van der Waals surface area contributed by atoms with Gasteiger partial charge >= 0.3 is 0 Å². The zero-order valence-corrected chi connectivity index (χ0v) is 14.6. The highest BCUT2D eigenvalue weighted by atomic mass is 16.5. The third-order valence-corrected chi connectivity index (χ3v) is 4.26. The summed E-state index contributed by atoms with van der Waals surface area (Å²) in [6, 6.07) is 0.596. The van der Waals surface area contributed by atoms with Crippen LogP contribution < -0.4 is 0 Å². The maximum atomic E-state index is 6.25. The summed E-state index contributed by atoms with van der Waals surface area (Å²) < 4.78 is 6.25. The van der Waals surface area contributed by atoms with Crippen LogP contribution in [0.4, 0.5) is 0 Å². The van der Waals surface area contributed by atoms with Crippen LogP contribution in [0.5, 0.6) is 0 Å². The molecule has 0 bridgehead atoms. The monoisotopic (exact) mass is 271 g/mol. The molecule has 0 aliphatic rings. The molecule has 0 radical (unpaired) electrons. The number of ether oxygens (including phenoxy) is 1. The van der Waals surface area contributed by atoms with E-state index in [9.17, 15) is 0 Å². The first-order valence-electron chi connectivity index (χ1n) is 8.08. The van der Waals surface area contributed by atoms with Crippen molar-refractivity contribution in [1.29, 1.82) is 0 Å². The molecular formula is C17H37NO. The van der Waals surface area contributed by atoms with Crippen LogP contribution in [0.2, 0.25) is 0 Å². The molecule has 2 nitrogen and oxygen atoms in total. The minimum Gasteiger partial charge on any atom is -0.377 e. The Hall–Kier alpha value is -0.0800. The van der Waals surface area contributed by atoms with Crippen molar-refractivity contribution in [3.8, 4) is 0 Å². The minimum atomic E-state index is 0.254. The standard InChI is InChI=1S/C17H37NO/c1-9-11-16(19-12-14(3)4)17(7,10-2)13-18(8)15(5)6/h14-16H,9-13H2,1-8H3. The van der Waals surface area contributed by atoms with Gasteiger partial charge in [0.1, 0.15) is 0 Å². The molecule has 0 saturated heterocycles. The fraction of sp³-hybridized carbons (Fsp3) is 1.00. The second-order valence-electron chi connectivity index (χ2n) is 7.02. The van der Waals surface area contributed by atoms with Crippen LogP contribution in [-0.4, -0.2) is 37.2 Å². The summed E-state index contributed by atoms with van der Waals surface area (Å²) in [6.07, 6.45) is 3.92. The van der Waals surface area contributed by atoms with Gasteiger partial charge in [-0.3, -0.25) is 0 Å². The Balaban J connectivity index is 4.77. The Morgan fingerprint density at radius 2 is 1.68 bits per heavy atom. The lowest BCUT2D eigenvalue weighted by Crippen LogP contribution is -2.45. The smallest absolute Gasteiger partial charge is 0.0640 e. The molecular weight excluding hydrogens is 234 g/mol. The van der Waals surface area contributed by atoms with Gasteiger partial charge in [-0.05, 0) is 39.7 Å². The molecule has 0 aromatic heterocycles. The first-order valence-corrected chi connectivity index (χ1v) is 8.08. The van der Waals surface area contributed by atoms with Crippen LogP contribution in [0, 0.1) is 11.3 Å². The Morgan fingerprint density at radius 1 is 1.11 bits per heavy atom. The van der Waals surface area contributed by atoms with E-state index in [-0.39, 0.29) is 5.41 Å². The van der Waals surface area contributed by atoms with E-state index >= 15 is 0 Å². The molecule has 2 unspecified atom stereocenters. The van der Waals surface area contributed by atoms with E-state index in [1.54, 1.807) is 0 Å². The summed E-state index contributed by atoms with van der Waals surface area (Å²) in [5.41, 5.74) is 0.254. The lowest BCUT2D eigenvalue weighted by molar-refractivity contribution is -0.0636. The second kappa shape index (κ2) is 8.97. The Labute approximate surface area is 121 Å². The molecule has 0 aromatic rings. The van der Waals surface area contributed by atoms with Crippen LogP contribution in [0.15, 0.2) is 0 Å². The molecule has 2 heteroatoms. The van der Waals surface area contributed by atoms with Crippen molar-refractivity contribution in [2.24, 2.45) is 11.3 Å². The number of nitrogens with zero attached hydrogens (tertiary/aromatic N) is 1. The van der Waals surface area contributed by atoms with Crippen LogP contribution in [0.25, 0.3) is 0 Å². The molecule has 0 aliphatic heterocycles. The molecule has 0 aliphatic carbocycles. The Morgan fingerprint density at radius 3 is 2.05 bits per heavy atom. The van der Waals surface area contributed by atoms with Gasteiger partial charge in [-0.15, -0.1) is 0 Å². The van der Waals surface area contributed by atoms with Crippen LogP contribution in [-0.2, 0) is 4.74 Å². The third kappa shape index (κ3) is 6.76. The fourth-order valence-electron chi connectivity index (χ4n) is 2.40. The number of hydrogen-bond acceptors (Lipinski definition) is 2.